The van der Waals surface area contributed by atoms with Crippen molar-refractivity contribution in [3.05, 3.63) is 204 Å². The van der Waals surface area contributed by atoms with Crippen molar-refractivity contribution in [2.45, 2.75) is 58.8 Å². The third-order valence-corrected chi connectivity index (χ3v) is 12.0. The van der Waals surface area contributed by atoms with Crippen molar-refractivity contribution < 1.29 is 4.42 Å². The highest BCUT2D eigenvalue weighted by Crippen LogP contribution is 2.43. The SMILES string of the molecule is C/C=C\C(CC)C/C=C\CC1=CCCC(N(c2ccc(-c3cccc4c3oc3ccccc34)cc2)c2ccccc2-c2ccc(C3=Cc4ccccc4CC3)cc2)=C1. The summed E-state index contributed by atoms with van der Waals surface area (Å²) in [6.45, 7) is 4.39. The van der Waals surface area contributed by atoms with Gasteiger partial charge < -0.3 is 9.32 Å². The zero-order valence-electron chi connectivity index (χ0n) is 33.7. The average Bonchev–Trinajstić information content (AvgIpc) is 3.67. The van der Waals surface area contributed by atoms with Gasteiger partial charge in [-0.3, -0.25) is 0 Å². The molecule has 0 spiro atoms. The van der Waals surface area contributed by atoms with E-state index in [1.165, 1.54) is 50.3 Å². The fourth-order valence-corrected chi connectivity index (χ4v) is 8.87. The summed E-state index contributed by atoms with van der Waals surface area (Å²) in [6, 6.07) is 50.9. The second-order valence-corrected chi connectivity index (χ2v) is 15.7. The van der Waals surface area contributed by atoms with Crippen molar-refractivity contribution in [1.29, 1.82) is 0 Å². The molecule has 0 aliphatic heterocycles. The summed E-state index contributed by atoms with van der Waals surface area (Å²) in [5, 5.41) is 2.30. The minimum absolute atomic E-state index is 0.603. The Balaban J connectivity index is 1.08. The standard InChI is InChI=1S/C56H51NO/c1-3-15-40(4-2)16-5-6-17-41-18-13-21-49(38-41)57(48-36-34-45(35-37-48)51-24-14-25-53-52-23-10-12-27-55(52)58-56(51)53)54-26-11-9-22-50(54)44-31-28-43(29-32-44)47-33-30-42-19-7-8-20-46(42)39-47/h3,5-12,14-15,18-20,22-29,31-32,34-40H,4,13,16-17,21,30,33H2,1-2H3/b6-5-,15-3-. The van der Waals surface area contributed by atoms with E-state index in [9.17, 15) is 0 Å². The van der Waals surface area contributed by atoms with Crippen LogP contribution in [0.1, 0.15) is 69.1 Å². The van der Waals surface area contributed by atoms with Gasteiger partial charge in [-0.05, 0) is 127 Å². The van der Waals surface area contributed by atoms with E-state index in [2.05, 4.69) is 195 Å². The first kappa shape index (κ1) is 37.2. The quantitative estimate of drug-likeness (QED) is 0.116. The Bertz CT molecular complexity index is 2710. The lowest BCUT2D eigenvalue weighted by molar-refractivity contribution is 0.636. The van der Waals surface area contributed by atoms with Crippen LogP contribution in [0.5, 0.6) is 0 Å². The van der Waals surface area contributed by atoms with Crippen LogP contribution >= 0.6 is 0 Å². The van der Waals surface area contributed by atoms with E-state index < -0.39 is 0 Å². The monoisotopic (exact) mass is 753 g/mol. The number of hydrogen-bond acceptors (Lipinski definition) is 2. The van der Waals surface area contributed by atoms with Crippen molar-refractivity contribution in [3.8, 4) is 22.3 Å². The van der Waals surface area contributed by atoms with Crippen molar-refractivity contribution in [2.24, 2.45) is 5.92 Å². The van der Waals surface area contributed by atoms with Crippen LogP contribution in [0.15, 0.2) is 192 Å². The van der Waals surface area contributed by atoms with Crippen molar-refractivity contribution in [3.63, 3.8) is 0 Å². The van der Waals surface area contributed by atoms with Crippen molar-refractivity contribution in [1.82, 2.24) is 0 Å². The molecule has 0 amide bonds. The molecule has 2 aliphatic carbocycles. The van der Waals surface area contributed by atoms with Crippen LogP contribution in [-0.2, 0) is 6.42 Å². The van der Waals surface area contributed by atoms with Gasteiger partial charge in [-0.2, -0.15) is 0 Å². The number of rotatable bonds is 12. The minimum atomic E-state index is 0.603. The molecule has 6 aromatic carbocycles. The third-order valence-electron chi connectivity index (χ3n) is 12.0. The number of aryl methyl sites for hydroxylation is 1. The average molecular weight is 754 g/mol. The van der Waals surface area contributed by atoms with Gasteiger partial charge >= 0.3 is 0 Å². The Morgan fingerprint density at radius 2 is 1.38 bits per heavy atom. The predicted molar refractivity (Wildman–Crippen MR) is 248 cm³/mol. The van der Waals surface area contributed by atoms with Crippen molar-refractivity contribution in [2.75, 3.05) is 4.90 Å². The Morgan fingerprint density at radius 1 is 0.655 bits per heavy atom. The Hall–Kier alpha value is -6.38. The van der Waals surface area contributed by atoms with Gasteiger partial charge in [0.25, 0.3) is 0 Å². The summed E-state index contributed by atoms with van der Waals surface area (Å²) >= 11 is 0. The molecule has 0 N–H and O–H groups in total. The molecule has 0 radical (unpaired) electrons. The first-order chi connectivity index (χ1) is 28.7. The first-order valence-corrected chi connectivity index (χ1v) is 21.1. The first-order valence-electron chi connectivity index (χ1n) is 21.1. The number of allylic oxidation sites excluding steroid dienone is 9. The molecule has 1 aromatic heterocycles. The normalized spacial score (nSPS) is 14.8. The molecule has 0 saturated carbocycles. The fraction of sp³-hybridized carbons (Fsp3) is 0.179. The number of fused-ring (bicyclic) bond motifs is 4. The van der Waals surface area contributed by atoms with E-state index in [0.29, 0.717) is 5.92 Å². The molecule has 1 atom stereocenters. The maximum Gasteiger partial charge on any atom is 0.143 e. The lowest BCUT2D eigenvalue weighted by atomic mass is 9.88. The molecule has 286 valence electrons. The highest BCUT2D eigenvalue weighted by molar-refractivity contribution is 6.09. The van der Waals surface area contributed by atoms with Crippen LogP contribution in [0.3, 0.4) is 0 Å². The van der Waals surface area contributed by atoms with Crippen LogP contribution in [0, 0.1) is 5.92 Å². The molecule has 0 fully saturated rings. The van der Waals surface area contributed by atoms with E-state index in [4.69, 9.17) is 4.42 Å². The van der Waals surface area contributed by atoms with Gasteiger partial charge in [0, 0.05) is 33.3 Å². The van der Waals surface area contributed by atoms with Crippen LogP contribution in [0.25, 0.3) is 55.8 Å². The fourth-order valence-electron chi connectivity index (χ4n) is 8.87. The molecule has 2 aliphatic rings. The number of nitrogens with zero attached hydrogens (tertiary/aromatic N) is 1. The zero-order valence-corrected chi connectivity index (χ0v) is 33.7. The maximum absolute atomic E-state index is 6.45. The zero-order chi connectivity index (χ0) is 39.3. The van der Waals surface area contributed by atoms with E-state index in [1.54, 1.807) is 0 Å². The van der Waals surface area contributed by atoms with Gasteiger partial charge in [-0.25, -0.2) is 0 Å². The molecule has 0 bridgehead atoms. The largest absolute Gasteiger partial charge is 0.455 e. The summed E-state index contributed by atoms with van der Waals surface area (Å²) in [5.41, 5.74) is 17.1. The summed E-state index contributed by atoms with van der Waals surface area (Å²) in [4.78, 5) is 2.51. The van der Waals surface area contributed by atoms with Gasteiger partial charge in [0.1, 0.15) is 11.2 Å². The number of para-hydroxylation sites is 3. The molecule has 1 unspecified atom stereocenters. The number of furan rings is 1. The predicted octanol–water partition coefficient (Wildman–Crippen LogP) is 16.1. The van der Waals surface area contributed by atoms with Gasteiger partial charge in [-0.1, -0.05) is 159 Å². The van der Waals surface area contributed by atoms with Gasteiger partial charge in [0.2, 0.25) is 0 Å². The van der Waals surface area contributed by atoms with Gasteiger partial charge in [-0.15, -0.1) is 0 Å². The number of anilines is 2. The molecule has 0 saturated heterocycles. The lowest BCUT2D eigenvalue weighted by Crippen LogP contribution is -2.19. The van der Waals surface area contributed by atoms with Crippen LogP contribution in [-0.4, -0.2) is 0 Å². The minimum Gasteiger partial charge on any atom is -0.455 e. The second-order valence-electron chi connectivity index (χ2n) is 15.7. The maximum atomic E-state index is 6.45. The lowest BCUT2D eigenvalue weighted by Gasteiger charge is -2.32. The number of hydrogen-bond donors (Lipinski definition) is 0. The second kappa shape index (κ2) is 17.0. The van der Waals surface area contributed by atoms with Crippen LogP contribution < -0.4 is 4.90 Å². The third kappa shape index (κ3) is 7.68. The summed E-state index contributed by atoms with van der Waals surface area (Å²) in [5.74, 6) is 0.603. The van der Waals surface area contributed by atoms with E-state index >= 15 is 0 Å². The summed E-state index contributed by atoms with van der Waals surface area (Å²) in [6.07, 6.45) is 23.8. The summed E-state index contributed by atoms with van der Waals surface area (Å²) < 4.78 is 6.45. The Kier molecular flexibility index (Phi) is 10.9. The highest BCUT2D eigenvalue weighted by Gasteiger charge is 2.22. The van der Waals surface area contributed by atoms with E-state index in [1.807, 2.05) is 6.07 Å². The Morgan fingerprint density at radius 3 is 2.24 bits per heavy atom. The highest BCUT2D eigenvalue weighted by atomic mass is 16.3. The molecule has 1 heterocycles. The topological polar surface area (TPSA) is 16.4 Å². The smallest absolute Gasteiger partial charge is 0.143 e. The molecule has 9 rings (SSSR count). The van der Waals surface area contributed by atoms with Crippen LogP contribution in [0.4, 0.5) is 11.4 Å². The van der Waals surface area contributed by atoms with E-state index in [0.717, 1.165) is 83.7 Å². The Labute approximate surface area is 343 Å². The van der Waals surface area contributed by atoms with Gasteiger partial charge in [0.15, 0.2) is 0 Å². The molecule has 58 heavy (non-hydrogen) atoms. The molecular formula is C56H51NO. The van der Waals surface area contributed by atoms with Gasteiger partial charge in [0.05, 0.1) is 5.69 Å². The molecule has 2 nitrogen and oxygen atoms in total. The van der Waals surface area contributed by atoms with Crippen LogP contribution in [0.2, 0.25) is 0 Å². The molecular weight excluding hydrogens is 703 g/mol. The van der Waals surface area contributed by atoms with Crippen molar-refractivity contribution >= 4 is 45.0 Å². The molecule has 2 heteroatoms. The summed E-state index contributed by atoms with van der Waals surface area (Å²) in [7, 11) is 0. The number of benzene rings is 6. The molecule has 7 aromatic rings. The van der Waals surface area contributed by atoms with E-state index in [-0.39, 0.29) is 0 Å².